The van der Waals surface area contributed by atoms with Crippen LogP contribution in [0.1, 0.15) is 38.2 Å². The molecule has 2 aliphatic heterocycles. The largest absolute Gasteiger partial charge is 0.506 e. The van der Waals surface area contributed by atoms with Crippen LogP contribution in [0.2, 0.25) is 0 Å². The molecular formula is C18H25F3N2O2. The van der Waals surface area contributed by atoms with Crippen molar-refractivity contribution in [3.05, 3.63) is 23.8 Å². The van der Waals surface area contributed by atoms with Crippen molar-refractivity contribution in [1.82, 2.24) is 4.90 Å². The Labute approximate surface area is 146 Å². The van der Waals surface area contributed by atoms with Crippen molar-refractivity contribution >= 4 is 5.69 Å². The van der Waals surface area contributed by atoms with Gasteiger partial charge in [0.05, 0.1) is 11.3 Å². The van der Waals surface area contributed by atoms with Gasteiger partial charge in [-0.25, -0.2) is 0 Å². The van der Waals surface area contributed by atoms with Crippen LogP contribution in [0.15, 0.2) is 18.2 Å². The van der Waals surface area contributed by atoms with Crippen molar-refractivity contribution in [3.63, 3.8) is 0 Å². The second-order valence-electron chi connectivity index (χ2n) is 7.24. The van der Waals surface area contributed by atoms with E-state index in [1.165, 1.54) is 0 Å². The SMILES string of the molecule is CC1(N2CCC(Nc3cc(C(F)(F)F)ccc3O)CC2)CCOCC1. The van der Waals surface area contributed by atoms with Crippen molar-refractivity contribution < 1.29 is 23.0 Å². The molecule has 2 heterocycles. The number of ether oxygens (including phenoxy) is 1. The van der Waals surface area contributed by atoms with Gasteiger partial charge in [-0.3, -0.25) is 4.90 Å². The number of hydrogen-bond acceptors (Lipinski definition) is 4. The van der Waals surface area contributed by atoms with Crippen LogP contribution in [0.5, 0.6) is 5.75 Å². The number of nitrogens with zero attached hydrogens (tertiary/aromatic N) is 1. The summed E-state index contributed by atoms with van der Waals surface area (Å²) >= 11 is 0. The fraction of sp³-hybridized carbons (Fsp3) is 0.667. The van der Waals surface area contributed by atoms with Crippen LogP contribution in [0, 0.1) is 0 Å². The lowest BCUT2D eigenvalue weighted by Gasteiger charge is -2.47. The minimum Gasteiger partial charge on any atom is -0.506 e. The van der Waals surface area contributed by atoms with E-state index in [2.05, 4.69) is 17.1 Å². The molecule has 2 saturated heterocycles. The molecule has 0 spiro atoms. The maximum Gasteiger partial charge on any atom is 0.416 e. The van der Waals surface area contributed by atoms with E-state index in [0.717, 1.165) is 70.2 Å². The van der Waals surface area contributed by atoms with E-state index in [1.807, 2.05) is 0 Å². The molecule has 7 heteroatoms. The summed E-state index contributed by atoms with van der Waals surface area (Å²) < 4.78 is 44.0. The van der Waals surface area contributed by atoms with Crippen LogP contribution >= 0.6 is 0 Å². The quantitative estimate of drug-likeness (QED) is 0.806. The number of nitrogens with one attached hydrogen (secondary N) is 1. The molecule has 3 rings (SSSR count). The molecule has 2 fully saturated rings. The molecule has 0 bridgehead atoms. The molecule has 140 valence electrons. The Morgan fingerprint density at radius 3 is 2.44 bits per heavy atom. The van der Waals surface area contributed by atoms with E-state index in [0.29, 0.717) is 0 Å². The number of anilines is 1. The van der Waals surface area contributed by atoms with Crippen LogP contribution in [0.4, 0.5) is 18.9 Å². The summed E-state index contributed by atoms with van der Waals surface area (Å²) in [5, 5.41) is 13.0. The van der Waals surface area contributed by atoms with Gasteiger partial charge >= 0.3 is 6.18 Å². The molecule has 0 aliphatic carbocycles. The zero-order chi connectivity index (χ0) is 18.1. The average Bonchev–Trinajstić information content (AvgIpc) is 2.57. The molecule has 2 N–H and O–H groups in total. The van der Waals surface area contributed by atoms with Crippen LogP contribution in [0.3, 0.4) is 0 Å². The van der Waals surface area contributed by atoms with E-state index >= 15 is 0 Å². The van der Waals surface area contributed by atoms with E-state index in [4.69, 9.17) is 4.74 Å². The molecule has 1 aromatic carbocycles. The number of rotatable bonds is 3. The first kappa shape index (κ1) is 18.3. The summed E-state index contributed by atoms with van der Waals surface area (Å²) in [6.07, 6.45) is -0.706. The maximum atomic E-state index is 12.9. The van der Waals surface area contributed by atoms with Crippen molar-refractivity contribution in [2.75, 3.05) is 31.6 Å². The number of halogens is 3. The lowest BCUT2D eigenvalue weighted by molar-refractivity contribution is -0.137. The first-order valence-corrected chi connectivity index (χ1v) is 8.77. The Hall–Kier alpha value is -1.47. The lowest BCUT2D eigenvalue weighted by Crippen LogP contribution is -2.54. The number of aromatic hydroxyl groups is 1. The first-order valence-electron chi connectivity index (χ1n) is 8.77. The number of hydrogen-bond donors (Lipinski definition) is 2. The summed E-state index contributed by atoms with van der Waals surface area (Å²) in [7, 11) is 0. The van der Waals surface area contributed by atoms with E-state index < -0.39 is 11.7 Å². The highest BCUT2D eigenvalue weighted by atomic mass is 19.4. The number of phenolic OH excluding ortho intramolecular Hbond substituents is 1. The van der Waals surface area contributed by atoms with Gasteiger partial charge in [-0.15, -0.1) is 0 Å². The fourth-order valence-corrected chi connectivity index (χ4v) is 3.74. The molecule has 4 nitrogen and oxygen atoms in total. The molecule has 0 amide bonds. The highest BCUT2D eigenvalue weighted by Crippen LogP contribution is 2.36. The van der Waals surface area contributed by atoms with Gasteiger partial charge in [0, 0.05) is 37.9 Å². The van der Waals surface area contributed by atoms with Crippen LogP contribution in [0.25, 0.3) is 0 Å². The number of piperidine rings is 1. The van der Waals surface area contributed by atoms with Gasteiger partial charge < -0.3 is 15.2 Å². The smallest absolute Gasteiger partial charge is 0.416 e. The van der Waals surface area contributed by atoms with Crippen molar-refractivity contribution in [2.24, 2.45) is 0 Å². The van der Waals surface area contributed by atoms with Gasteiger partial charge in [0.25, 0.3) is 0 Å². The third kappa shape index (κ3) is 4.20. The molecule has 25 heavy (non-hydrogen) atoms. The summed E-state index contributed by atoms with van der Waals surface area (Å²) in [6.45, 7) is 5.63. The number of phenols is 1. The number of alkyl halides is 3. The van der Waals surface area contributed by atoms with Gasteiger partial charge in [-0.05, 0) is 50.8 Å². The van der Waals surface area contributed by atoms with E-state index in [-0.39, 0.29) is 23.0 Å². The van der Waals surface area contributed by atoms with Crippen LogP contribution in [-0.2, 0) is 10.9 Å². The molecule has 0 saturated carbocycles. The Morgan fingerprint density at radius 1 is 1.20 bits per heavy atom. The minimum absolute atomic E-state index is 0.0640. The van der Waals surface area contributed by atoms with E-state index in [1.54, 1.807) is 0 Å². The summed E-state index contributed by atoms with van der Waals surface area (Å²) in [6, 6.07) is 3.05. The predicted octanol–water partition coefficient (Wildman–Crippen LogP) is 3.86. The van der Waals surface area contributed by atoms with Crippen molar-refractivity contribution in [2.45, 2.75) is 50.4 Å². The standard InChI is InChI=1S/C18H25F3N2O2/c1-17(6-10-25-11-7-17)23-8-4-14(5-9-23)22-15-12-13(18(19,20)21)2-3-16(15)24/h2-3,12,14,22,24H,4-11H2,1H3. The van der Waals surface area contributed by atoms with E-state index in [9.17, 15) is 18.3 Å². The van der Waals surface area contributed by atoms with Crippen LogP contribution < -0.4 is 5.32 Å². The Bertz CT molecular complexity index is 592. The van der Waals surface area contributed by atoms with Crippen molar-refractivity contribution in [1.29, 1.82) is 0 Å². The van der Waals surface area contributed by atoms with Gasteiger partial charge in [0.1, 0.15) is 5.75 Å². The predicted molar refractivity (Wildman–Crippen MR) is 89.8 cm³/mol. The lowest BCUT2D eigenvalue weighted by atomic mass is 9.87. The average molecular weight is 358 g/mol. The Balaban J connectivity index is 1.61. The van der Waals surface area contributed by atoms with Gasteiger partial charge in [0.15, 0.2) is 0 Å². The molecule has 0 unspecified atom stereocenters. The van der Waals surface area contributed by atoms with Gasteiger partial charge in [0.2, 0.25) is 0 Å². The monoisotopic (exact) mass is 358 g/mol. The second kappa shape index (κ2) is 7.03. The molecule has 0 radical (unpaired) electrons. The zero-order valence-corrected chi connectivity index (χ0v) is 14.4. The molecule has 2 aliphatic rings. The normalized spacial score (nSPS) is 22.7. The molecule has 0 atom stereocenters. The van der Waals surface area contributed by atoms with Crippen LogP contribution in [-0.4, -0.2) is 47.9 Å². The topological polar surface area (TPSA) is 44.7 Å². The number of benzene rings is 1. The second-order valence-corrected chi connectivity index (χ2v) is 7.24. The molecule has 0 aromatic heterocycles. The first-order chi connectivity index (χ1) is 11.8. The van der Waals surface area contributed by atoms with Crippen molar-refractivity contribution in [3.8, 4) is 5.75 Å². The summed E-state index contributed by atoms with van der Waals surface area (Å²) in [5.41, 5.74) is -0.438. The third-order valence-electron chi connectivity index (χ3n) is 5.51. The number of likely N-dealkylation sites (tertiary alicyclic amines) is 1. The molecular weight excluding hydrogens is 333 g/mol. The highest BCUT2D eigenvalue weighted by molar-refractivity contribution is 5.58. The van der Waals surface area contributed by atoms with Gasteiger partial charge in [-0.2, -0.15) is 13.2 Å². The third-order valence-corrected chi connectivity index (χ3v) is 5.51. The highest BCUT2D eigenvalue weighted by Gasteiger charge is 2.36. The molecule has 1 aromatic rings. The maximum absolute atomic E-state index is 12.9. The Kier molecular flexibility index (Phi) is 5.16. The fourth-order valence-electron chi connectivity index (χ4n) is 3.74. The summed E-state index contributed by atoms with van der Waals surface area (Å²) in [4.78, 5) is 2.47. The Morgan fingerprint density at radius 2 is 1.84 bits per heavy atom. The zero-order valence-electron chi connectivity index (χ0n) is 14.4. The minimum atomic E-state index is -4.41. The summed E-state index contributed by atoms with van der Waals surface area (Å²) in [5.74, 6) is -0.146. The van der Waals surface area contributed by atoms with Gasteiger partial charge in [-0.1, -0.05) is 0 Å².